The highest BCUT2D eigenvalue weighted by Gasteiger charge is 2.44. The molecule has 1 heterocycles. The summed E-state index contributed by atoms with van der Waals surface area (Å²) < 4.78 is 0. The van der Waals surface area contributed by atoms with Crippen molar-refractivity contribution in [2.45, 2.75) is 268 Å². The lowest BCUT2D eigenvalue weighted by atomic mass is 9.97. The molecule has 1 saturated heterocycles. The number of nitrogens with zero attached hydrogens (tertiary/aromatic N) is 1. The average molecular weight is 1950 g/mol. The fraction of sp³-hybridized carbons (Fsp3) is 0.557. The predicted octanol–water partition coefficient (Wildman–Crippen LogP) is -6.86. The molecule has 0 saturated carbocycles. The lowest BCUT2D eigenvalue weighted by molar-refractivity contribution is -0.143. The summed E-state index contributed by atoms with van der Waals surface area (Å²) in [6.45, 7) is 10.8. The van der Waals surface area contributed by atoms with Crippen LogP contribution in [0.1, 0.15) is 156 Å². The molecule has 3 aromatic carbocycles. The number of nitrogens with two attached hydrogens (primary N) is 3. The Labute approximate surface area is 794 Å². The Balaban J connectivity index is 1.51. The van der Waals surface area contributed by atoms with Gasteiger partial charge in [0, 0.05) is 44.4 Å². The Morgan fingerprint density at radius 1 is 0.423 bits per heavy atom. The first kappa shape index (κ1) is 116. The van der Waals surface area contributed by atoms with Crippen molar-refractivity contribution in [1.29, 1.82) is 0 Å². The van der Waals surface area contributed by atoms with E-state index in [4.69, 9.17) is 17.2 Å². The summed E-state index contributed by atoms with van der Waals surface area (Å²) in [5.41, 5.74) is 18.1. The van der Waals surface area contributed by atoms with Gasteiger partial charge in [0.2, 0.25) is 106 Å². The number of carbonyl (C=O) groups is 21. The third kappa shape index (κ3) is 39.3. The maximum absolute atomic E-state index is 14.7. The van der Waals surface area contributed by atoms with Gasteiger partial charge in [-0.25, -0.2) is 4.79 Å². The maximum atomic E-state index is 14.7. The number of aliphatic carboxylic acids is 3. The van der Waals surface area contributed by atoms with Crippen LogP contribution in [0.15, 0.2) is 78.9 Å². The van der Waals surface area contributed by atoms with Crippen molar-refractivity contribution in [3.05, 3.63) is 95.6 Å². The lowest BCUT2D eigenvalue weighted by Crippen LogP contribution is -2.62. The van der Waals surface area contributed by atoms with Crippen molar-refractivity contribution in [2.75, 3.05) is 25.4 Å². The topological polar surface area (TPSA) is 782 Å². The number of aliphatic hydroxyl groups is 3. The van der Waals surface area contributed by atoms with E-state index in [2.05, 4.69) is 92.4 Å². The van der Waals surface area contributed by atoms with Crippen LogP contribution in [0, 0.1) is 17.8 Å². The van der Waals surface area contributed by atoms with E-state index in [0.29, 0.717) is 11.1 Å². The first-order valence-corrected chi connectivity index (χ1v) is 45.0. The predicted molar refractivity (Wildman–Crippen MR) is 488 cm³/mol. The zero-order chi connectivity index (χ0) is 103. The van der Waals surface area contributed by atoms with Crippen molar-refractivity contribution in [3.8, 4) is 11.5 Å². The standard InChI is InChI=1S/C88H129N19O29S/c1-10-43(5)69(83(130)93-45(7)73(120)105-71(46(8)109)85(132)100-59(37-50-21-25-52(112)26-22-50)78(125)98-58(36-49-19-23-51(111)24-20-49)79(126)102-62(41-137)81(128)97-56(88(135)136)28-31-65(91)114)103-80(127)60(38-68(118)119)99-76(123)54(29-32-67(116)117)95-82(129)63-18-15-33-107(63)87(134)55(27-30-64(90)113)96-77(124)57(34-42(3)4)94-66(115)39-92-75(122)61(40-108)101-84(131)70(44(6)11-2)104-86(133)72(47(9)110)106-74(121)53(89)35-48-16-13-12-14-17-48/h12-14,16-17,19-26,42-47,53-63,69-72,108-112,137H,10-11,15,18,27-41,89H2,1-9H3,(H2,90,113)(H2,91,114)(H,92,122)(H,93,130)(H,94,115)(H,95,129)(H,96,124)(H,97,128)(H,98,125)(H,99,123)(H,100,132)(H,101,131)(H,102,126)(H,103,127)(H,104,133)(H,105,120)(H,106,121)(H,116,117)(H,118,119)(H,135,136)/t43-,44-,45-,46+,47+,53-,54-,55-,56-,57-,58-,59-,60-,61-,62-,63-,69-,70-,71-,72-/m0/s1. The molecular formula is C88H129N19O29S. The fourth-order valence-corrected chi connectivity index (χ4v) is 14.3. The lowest BCUT2D eigenvalue weighted by Gasteiger charge is -2.31. The van der Waals surface area contributed by atoms with Crippen LogP contribution in [0.3, 0.4) is 0 Å². The van der Waals surface area contributed by atoms with E-state index in [1.165, 1.54) is 62.4 Å². The van der Waals surface area contributed by atoms with Gasteiger partial charge in [-0.1, -0.05) is 109 Å². The minimum Gasteiger partial charge on any atom is -0.508 e. The van der Waals surface area contributed by atoms with Gasteiger partial charge < -0.3 is 143 Å². The third-order valence-electron chi connectivity index (χ3n) is 22.2. The Morgan fingerprint density at radius 3 is 1.31 bits per heavy atom. The smallest absolute Gasteiger partial charge is 0.326 e. The van der Waals surface area contributed by atoms with E-state index >= 15 is 0 Å². The summed E-state index contributed by atoms with van der Waals surface area (Å²) >= 11 is 4.15. The number of primary amides is 2. The summed E-state index contributed by atoms with van der Waals surface area (Å²) in [5.74, 6) is -27.1. The largest absolute Gasteiger partial charge is 0.508 e. The van der Waals surface area contributed by atoms with Crippen molar-refractivity contribution >= 4 is 137 Å². The Bertz CT molecular complexity index is 4710. The first-order valence-electron chi connectivity index (χ1n) is 44.4. The van der Waals surface area contributed by atoms with Gasteiger partial charge >= 0.3 is 17.9 Å². The molecule has 1 aliphatic heterocycles. The Kier molecular flexibility index (Phi) is 48.3. The molecule has 0 bridgehead atoms. The van der Waals surface area contributed by atoms with Crippen LogP contribution in [0.2, 0.25) is 0 Å². The van der Waals surface area contributed by atoms with Crippen LogP contribution in [0.4, 0.5) is 0 Å². The normalized spacial score (nSPS) is 16.4. The molecule has 18 amide bonds. The molecule has 0 spiro atoms. The highest BCUT2D eigenvalue weighted by molar-refractivity contribution is 7.80. The van der Waals surface area contributed by atoms with Gasteiger partial charge in [0.05, 0.1) is 37.8 Å². The number of thiol groups is 1. The molecule has 3 aromatic rings. The summed E-state index contributed by atoms with van der Waals surface area (Å²) in [6, 6.07) is -7.58. The Hall–Kier alpha value is -13.7. The minimum atomic E-state index is -2.14. The molecule has 0 aromatic heterocycles. The number of hydrogen-bond acceptors (Lipinski definition) is 28. The highest BCUT2D eigenvalue weighted by Crippen LogP contribution is 2.23. The van der Waals surface area contributed by atoms with E-state index in [1.807, 2.05) is 0 Å². The van der Waals surface area contributed by atoms with Crippen molar-refractivity contribution in [2.24, 2.45) is 35.0 Å². The molecule has 1 fully saturated rings. The second kappa shape index (κ2) is 57.3. The molecule has 756 valence electrons. The van der Waals surface area contributed by atoms with Gasteiger partial charge in [-0.15, -0.1) is 0 Å². The van der Waals surface area contributed by atoms with Crippen LogP contribution in [0.25, 0.3) is 0 Å². The number of likely N-dealkylation sites (tertiary alicyclic amines) is 1. The van der Waals surface area contributed by atoms with Crippen LogP contribution in [0.5, 0.6) is 11.5 Å². The van der Waals surface area contributed by atoms with E-state index in [9.17, 15) is 142 Å². The molecule has 20 atom stereocenters. The molecule has 0 aliphatic carbocycles. The van der Waals surface area contributed by atoms with Gasteiger partial charge in [0.1, 0.15) is 102 Å². The molecule has 1 aliphatic rings. The summed E-state index contributed by atoms with van der Waals surface area (Å²) in [6.07, 6.45) is -8.68. The second-order valence-corrected chi connectivity index (χ2v) is 34.2. The molecule has 4 rings (SSSR count). The number of carbonyl (C=O) groups excluding carboxylic acids is 18. The van der Waals surface area contributed by atoms with Crippen LogP contribution < -0.4 is 97.0 Å². The van der Waals surface area contributed by atoms with Gasteiger partial charge in [-0.3, -0.25) is 95.9 Å². The third-order valence-corrected chi connectivity index (χ3v) is 22.6. The van der Waals surface area contributed by atoms with E-state index in [0.717, 1.165) is 18.7 Å². The molecule has 137 heavy (non-hydrogen) atoms. The summed E-state index contributed by atoms with van der Waals surface area (Å²) in [5, 5.41) is 117. The maximum Gasteiger partial charge on any atom is 0.326 e. The number of aliphatic hydroxyl groups excluding tert-OH is 3. The van der Waals surface area contributed by atoms with Gasteiger partial charge in [-0.2, -0.15) is 12.6 Å². The van der Waals surface area contributed by atoms with E-state index in [1.54, 1.807) is 65.0 Å². The van der Waals surface area contributed by atoms with Crippen LogP contribution >= 0.6 is 12.6 Å². The number of benzene rings is 3. The molecule has 29 N–H and O–H groups in total. The molecule has 0 radical (unpaired) electrons. The number of hydrogen-bond donors (Lipinski definition) is 27. The van der Waals surface area contributed by atoms with Crippen molar-refractivity contribution in [1.82, 2.24) is 84.7 Å². The second-order valence-electron chi connectivity index (χ2n) is 33.9. The number of amides is 18. The van der Waals surface area contributed by atoms with E-state index < -0.39 is 315 Å². The molecule has 48 nitrogen and oxygen atoms in total. The summed E-state index contributed by atoms with van der Waals surface area (Å²) in [4.78, 5) is 287. The number of nitrogens with one attached hydrogen (secondary N) is 15. The molecule has 49 heteroatoms. The average Bonchev–Trinajstić information content (AvgIpc) is 1.74. The minimum absolute atomic E-state index is 0.0767. The number of rotatable bonds is 59. The molecule has 0 unspecified atom stereocenters. The first-order chi connectivity index (χ1) is 64.4. The number of phenols is 2. The van der Waals surface area contributed by atoms with Crippen LogP contribution in [-0.2, 0) is 120 Å². The monoisotopic (exact) mass is 1950 g/mol. The number of phenolic OH excluding ortho intramolecular Hbond substituents is 2. The van der Waals surface area contributed by atoms with Crippen molar-refractivity contribution in [3.63, 3.8) is 0 Å². The summed E-state index contributed by atoms with van der Waals surface area (Å²) in [7, 11) is 0. The highest BCUT2D eigenvalue weighted by atomic mass is 32.1. The van der Waals surface area contributed by atoms with Crippen LogP contribution in [-0.4, -0.2) is 304 Å². The zero-order valence-corrected chi connectivity index (χ0v) is 78.2. The number of aromatic hydroxyl groups is 2. The van der Waals surface area contributed by atoms with Gasteiger partial charge in [0.25, 0.3) is 0 Å². The van der Waals surface area contributed by atoms with Gasteiger partial charge in [-0.05, 0) is 124 Å². The number of carboxylic acid groups (broad SMARTS) is 3. The van der Waals surface area contributed by atoms with E-state index in [-0.39, 0.29) is 74.5 Å². The SMILES string of the molecule is CC[C@H](C)[C@H](NC(=O)[C@H](CC(=O)O)NC(=O)[C@H](CCC(=O)O)NC(=O)[C@@H]1CCCN1C(=O)[C@H](CCC(N)=O)NC(=O)[C@H](CC(C)C)NC(=O)CNC(=O)[C@H](CO)NC(=O)[C@@H](NC(=O)[C@@H](NC(=O)[C@@H](N)Cc1ccccc1)[C@@H](C)O)[C@@H](C)CC)C(=O)N[C@@H](C)C(=O)N[C@H](C(=O)N[C@@H](Cc1ccc(O)cc1)C(=O)N[C@@H](Cc1ccc(O)cc1)C(=O)N[C@@H](CS)C(=O)N[C@@H](CCC(N)=O)C(=O)O)[C@@H](C)O. The number of carboxylic acids is 3. The molecular weight excluding hydrogens is 1820 g/mol. The van der Waals surface area contributed by atoms with Crippen molar-refractivity contribution < 1.29 is 142 Å². The quantitative estimate of drug-likeness (QED) is 0.0234. The Morgan fingerprint density at radius 2 is 0.832 bits per heavy atom. The zero-order valence-electron chi connectivity index (χ0n) is 77.3. The fourth-order valence-electron chi connectivity index (χ4n) is 14.0. The van der Waals surface area contributed by atoms with Gasteiger partial charge in [0.15, 0.2) is 0 Å².